The Morgan fingerprint density at radius 2 is 1.91 bits per heavy atom. The lowest BCUT2D eigenvalue weighted by Gasteiger charge is -2.32. The molecule has 6 nitrogen and oxygen atoms in total. The van der Waals surface area contributed by atoms with Crippen LogP contribution in [0.15, 0.2) is 42.6 Å². The maximum absolute atomic E-state index is 13.8. The first-order valence-corrected chi connectivity index (χ1v) is 11.1. The van der Waals surface area contributed by atoms with Crippen LogP contribution in [0.4, 0.5) is 4.39 Å². The van der Waals surface area contributed by atoms with Crippen LogP contribution < -0.4 is 4.74 Å². The highest BCUT2D eigenvalue weighted by atomic mass is 19.1. The normalized spacial score (nSPS) is 17.1. The number of piperidine rings is 1. The van der Waals surface area contributed by atoms with Crippen molar-refractivity contribution in [3.8, 4) is 16.9 Å². The smallest absolute Gasteiger partial charge is 0.308 e. The number of hydrogen-bond acceptors (Lipinski definition) is 4. The first-order chi connectivity index (χ1) is 15.7. The Morgan fingerprint density at radius 1 is 1.18 bits per heavy atom. The van der Waals surface area contributed by atoms with Gasteiger partial charge in [-0.15, -0.1) is 0 Å². The van der Waals surface area contributed by atoms with Crippen LogP contribution >= 0.6 is 0 Å². The molecule has 0 radical (unpaired) electrons. The minimum Gasteiger partial charge on any atom is -0.481 e. The van der Waals surface area contributed by atoms with E-state index in [-0.39, 0.29) is 18.3 Å². The second-order valence-electron chi connectivity index (χ2n) is 8.67. The number of pyridine rings is 1. The summed E-state index contributed by atoms with van der Waals surface area (Å²) in [4.78, 5) is 30.2. The third kappa shape index (κ3) is 4.67. The number of likely N-dealkylation sites (tertiary alicyclic amines) is 1. The van der Waals surface area contributed by atoms with Gasteiger partial charge in [0.25, 0.3) is 5.91 Å². The molecule has 1 amide bonds. The molecule has 3 aromatic rings. The molecule has 1 aliphatic heterocycles. The molecular weight excluding hydrogens is 423 g/mol. The van der Waals surface area contributed by atoms with Gasteiger partial charge in [0.15, 0.2) is 6.10 Å². The van der Waals surface area contributed by atoms with E-state index in [0.29, 0.717) is 30.7 Å². The molecule has 2 atom stereocenters. The molecule has 7 heteroatoms. The van der Waals surface area contributed by atoms with Crippen molar-refractivity contribution in [1.29, 1.82) is 0 Å². The number of ether oxygens (including phenoxy) is 1. The lowest BCUT2D eigenvalue weighted by atomic mass is 9.93. The van der Waals surface area contributed by atoms with Gasteiger partial charge in [0.2, 0.25) is 0 Å². The van der Waals surface area contributed by atoms with Gasteiger partial charge in [-0.05, 0) is 86.2 Å². The number of aromatic nitrogens is 1. The van der Waals surface area contributed by atoms with Crippen molar-refractivity contribution in [3.05, 3.63) is 59.5 Å². The van der Waals surface area contributed by atoms with E-state index in [4.69, 9.17) is 4.74 Å². The first-order valence-electron chi connectivity index (χ1n) is 11.1. The number of hydrogen-bond donors (Lipinski definition) is 1. The van der Waals surface area contributed by atoms with E-state index < -0.39 is 18.0 Å². The van der Waals surface area contributed by atoms with Crippen molar-refractivity contribution >= 4 is 22.8 Å². The topological polar surface area (TPSA) is 79.7 Å². The number of carbonyl (C=O) groups excluding carboxylic acids is 1. The molecule has 1 N–H and O–H groups in total. The zero-order chi connectivity index (χ0) is 23.7. The van der Waals surface area contributed by atoms with Crippen LogP contribution in [0.2, 0.25) is 0 Å². The van der Waals surface area contributed by atoms with E-state index >= 15 is 0 Å². The third-order valence-corrected chi connectivity index (χ3v) is 6.22. The number of rotatable bonds is 5. The van der Waals surface area contributed by atoms with Gasteiger partial charge in [-0.1, -0.05) is 0 Å². The van der Waals surface area contributed by atoms with E-state index in [1.54, 1.807) is 30.2 Å². The van der Waals surface area contributed by atoms with E-state index in [1.807, 2.05) is 26.0 Å². The fourth-order valence-corrected chi connectivity index (χ4v) is 4.65. The van der Waals surface area contributed by atoms with Gasteiger partial charge in [0.05, 0.1) is 11.4 Å². The van der Waals surface area contributed by atoms with Crippen molar-refractivity contribution in [2.24, 2.45) is 5.92 Å². The Labute approximate surface area is 192 Å². The van der Waals surface area contributed by atoms with Crippen LogP contribution in [0, 0.1) is 25.6 Å². The number of halogens is 1. The van der Waals surface area contributed by atoms with Gasteiger partial charge in [0, 0.05) is 30.7 Å². The Morgan fingerprint density at radius 3 is 2.61 bits per heavy atom. The number of carboxylic acids is 1. The molecule has 2 heterocycles. The molecule has 4 rings (SSSR count). The Kier molecular flexibility index (Phi) is 6.31. The summed E-state index contributed by atoms with van der Waals surface area (Å²) in [5.41, 5.74) is 4.33. The van der Waals surface area contributed by atoms with Crippen molar-refractivity contribution < 1.29 is 23.8 Å². The maximum atomic E-state index is 13.8. The average molecular weight is 451 g/mol. The second kappa shape index (κ2) is 9.17. The Hall–Kier alpha value is -3.48. The minimum absolute atomic E-state index is 0.209. The maximum Gasteiger partial charge on any atom is 0.308 e. The number of aryl methyl sites for hydroxylation is 2. The van der Waals surface area contributed by atoms with Crippen LogP contribution in [0.1, 0.15) is 30.9 Å². The standard InChI is InChI=1S/C26H27FN2O4/c1-15-11-19(27)12-16(2)24(15)22-8-9-28-23-13-20(6-7-21(22)23)33-17(3)25(30)29-10-4-5-18(14-29)26(31)32/h6-9,11-13,17-18H,4-5,10,14H2,1-3H3,(H,31,32)/t17-,18+/m1/s1. The molecule has 1 fully saturated rings. The summed E-state index contributed by atoms with van der Waals surface area (Å²) in [5.74, 6) is -1.38. The van der Waals surface area contributed by atoms with Crippen molar-refractivity contribution in [2.45, 2.75) is 39.7 Å². The molecule has 0 spiro atoms. The van der Waals surface area contributed by atoms with Crippen LogP contribution in [-0.2, 0) is 9.59 Å². The molecule has 1 aliphatic rings. The zero-order valence-corrected chi connectivity index (χ0v) is 19.0. The number of carboxylic acid groups (broad SMARTS) is 1. The number of benzene rings is 2. The van der Waals surface area contributed by atoms with E-state index in [1.165, 1.54) is 12.1 Å². The summed E-state index contributed by atoms with van der Waals surface area (Å²) in [7, 11) is 0. The molecule has 0 saturated carbocycles. The van der Waals surface area contributed by atoms with Gasteiger partial charge in [-0.2, -0.15) is 0 Å². The minimum atomic E-state index is -0.871. The highest BCUT2D eigenvalue weighted by Crippen LogP contribution is 2.34. The fourth-order valence-electron chi connectivity index (χ4n) is 4.65. The van der Waals surface area contributed by atoms with Crippen LogP contribution in [-0.4, -0.2) is 46.1 Å². The number of carbonyl (C=O) groups is 2. The third-order valence-electron chi connectivity index (χ3n) is 6.22. The Bertz CT molecular complexity index is 1200. The lowest BCUT2D eigenvalue weighted by Crippen LogP contribution is -2.47. The van der Waals surface area contributed by atoms with Gasteiger partial charge in [0.1, 0.15) is 11.6 Å². The van der Waals surface area contributed by atoms with Crippen molar-refractivity contribution in [1.82, 2.24) is 9.88 Å². The zero-order valence-electron chi connectivity index (χ0n) is 19.0. The molecule has 1 saturated heterocycles. The molecule has 172 valence electrons. The van der Waals surface area contributed by atoms with Gasteiger partial charge < -0.3 is 14.7 Å². The molecule has 0 unspecified atom stereocenters. The van der Waals surface area contributed by atoms with E-state index in [9.17, 15) is 19.1 Å². The molecular formula is C26H27FN2O4. The monoisotopic (exact) mass is 450 g/mol. The van der Waals surface area contributed by atoms with Crippen molar-refractivity contribution in [2.75, 3.05) is 13.1 Å². The molecule has 0 bridgehead atoms. The van der Waals surface area contributed by atoms with Crippen LogP contribution in [0.5, 0.6) is 5.75 Å². The predicted octanol–water partition coefficient (Wildman–Crippen LogP) is 4.75. The molecule has 0 aliphatic carbocycles. The number of aliphatic carboxylic acids is 1. The summed E-state index contributed by atoms with van der Waals surface area (Å²) < 4.78 is 19.7. The molecule has 33 heavy (non-hydrogen) atoms. The predicted molar refractivity (Wildman–Crippen MR) is 124 cm³/mol. The number of amides is 1. The summed E-state index contributed by atoms with van der Waals surface area (Å²) >= 11 is 0. The van der Waals surface area contributed by atoms with Crippen LogP contribution in [0.25, 0.3) is 22.0 Å². The van der Waals surface area contributed by atoms with Gasteiger partial charge in [-0.25, -0.2) is 4.39 Å². The van der Waals surface area contributed by atoms with Gasteiger partial charge >= 0.3 is 5.97 Å². The average Bonchev–Trinajstić information content (AvgIpc) is 2.78. The highest BCUT2D eigenvalue weighted by molar-refractivity contribution is 5.96. The first kappa shape index (κ1) is 22.7. The van der Waals surface area contributed by atoms with Gasteiger partial charge in [-0.3, -0.25) is 14.6 Å². The summed E-state index contributed by atoms with van der Waals surface area (Å²) in [6.07, 6.45) is 2.21. The van der Waals surface area contributed by atoms with E-state index in [0.717, 1.165) is 27.6 Å². The summed E-state index contributed by atoms with van der Waals surface area (Å²) in [6, 6.07) is 10.4. The van der Waals surface area contributed by atoms with E-state index in [2.05, 4.69) is 4.98 Å². The number of fused-ring (bicyclic) bond motifs is 1. The second-order valence-corrected chi connectivity index (χ2v) is 8.67. The quantitative estimate of drug-likeness (QED) is 0.607. The molecule has 2 aromatic carbocycles. The molecule has 1 aromatic heterocycles. The summed E-state index contributed by atoms with van der Waals surface area (Å²) in [5, 5.41) is 10.2. The lowest BCUT2D eigenvalue weighted by molar-refractivity contribution is -0.147. The number of nitrogens with zero attached hydrogens (tertiary/aromatic N) is 2. The highest BCUT2D eigenvalue weighted by Gasteiger charge is 2.31. The fraction of sp³-hybridized carbons (Fsp3) is 0.346. The SMILES string of the molecule is Cc1cc(F)cc(C)c1-c1ccnc2cc(O[C@H](C)C(=O)N3CCC[C@H](C(=O)O)C3)ccc12. The van der Waals surface area contributed by atoms with Crippen molar-refractivity contribution in [3.63, 3.8) is 0 Å². The largest absolute Gasteiger partial charge is 0.481 e. The van der Waals surface area contributed by atoms with Crippen LogP contribution in [0.3, 0.4) is 0 Å². The Balaban J connectivity index is 1.57. The summed E-state index contributed by atoms with van der Waals surface area (Å²) in [6.45, 7) is 6.19.